The number of ether oxygens (including phenoxy) is 2. The molecule has 0 aliphatic heterocycles. The average Bonchev–Trinajstić information content (AvgIpc) is 2.70. The van der Waals surface area contributed by atoms with E-state index in [0.29, 0.717) is 21.5 Å². The van der Waals surface area contributed by atoms with Gasteiger partial charge in [0.25, 0.3) is 5.91 Å². The van der Waals surface area contributed by atoms with Crippen LogP contribution in [-0.4, -0.2) is 31.1 Å². The third kappa shape index (κ3) is 6.07. The summed E-state index contributed by atoms with van der Waals surface area (Å²) in [6.07, 6.45) is 2.91. The van der Waals surface area contributed by atoms with Crippen LogP contribution in [0.2, 0.25) is 0 Å². The van der Waals surface area contributed by atoms with Gasteiger partial charge in [0.15, 0.2) is 16.6 Å². The van der Waals surface area contributed by atoms with Crippen molar-refractivity contribution in [2.75, 3.05) is 14.2 Å². The molecule has 2 aromatic carbocycles. The molecule has 0 bridgehead atoms. The molecule has 0 saturated carbocycles. The highest BCUT2D eigenvalue weighted by molar-refractivity contribution is 9.10. The van der Waals surface area contributed by atoms with Crippen LogP contribution in [0.4, 0.5) is 0 Å². The van der Waals surface area contributed by atoms with E-state index in [2.05, 4.69) is 32.1 Å². The maximum atomic E-state index is 12.1. The third-order valence-electron chi connectivity index (χ3n) is 3.48. The number of rotatable bonds is 5. The summed E-state index contributed by atoms with van der Waals surface area (Å²) in [5.74, 6) is 0.291. The second kappa shape index (κ2) is 10.4. The van der Waals surface area contributed by atoms with E-state index in [1.807, 2.05) is 0 Å². The Morgan fingerprint density at radius 2 is 1.75 bits per heavy atom. The van der Waals surface area contributed by atoms with Crippen LogP contribution in [0.5, 0.6) is 11.5 Å². The van der Waals surface area contributed by atoms with Gasteiger partial charge in [0.1, 0.15) is 0 Å². The van der Waals surface area contributed by atoms with E-state index >= 15 is 0 Å². The van der Waals surface area contributed by atoms with Gasteiger partial charge in [-0.3, -0.25) is 25.8 Å². The number of carbonyl (C=O) groups is 2. The lowest BCUT2D eigenvalue weighted by Crippen LogP contribution is -2.48. The molecule has 7 nitrogen and oxygen atoms in total. The molecule has 2 aromatic rings. The van der Waals surface area contributed by atoms with Crippen LogP contribution in [0.1, 0.15) is 15.9 Å². The Labute approximate surface area is 176 Å². The minimum atomic E-state index is -0.456. The number of nitrogens with one attached hydrogen (secondary N) is 3. The number of methoxy groups -OCH3 is 2. The van der Waals surface area contributed by atoms with Crippen molar-refractivity contribution < 1.29 is 19.1 Å². The van der Waals surface area contributed by atoms with Gasteiger partial charge < -0.3 is 9.47 Å². The summed E-state index contributed by atoms with van der Waals surface area (Å²) in [6, 6.07) is 12.2. The Morgan fingerprint density at radius 3 is 2.43 bits per heavy atom. The summed E-state index contributed by atoms with van der Waals surface area (Å²) >= 11 is 8.28. The van der Waals surface area contributed by atoms with Gasteiger partial charge in [-0.2, -0.15) is 0 Å². The van der Waals surface area contributed by atoms with Crippen LogP contribution in [-0.2, 0) is 4.79 Å². The van der Waals surface area contributed by atoms with Crippen LogP contribution in [0.25, 0.3) is 6.08 Å². The standard InChI is InChI=1S/C19H18BrN3O4S/c1-26-15-9-7-12(11-16(15)27-2)8-10-17(24)21-19(28)23-22-18(25)13-5-3-4-6-14(13)20/h3-11H,1-2H3,(H,22,25)(H2,21,23,24,28). The van der Waals surface area contributed by atoms with Crippen molar-refractivity contribution in [2.24, 2.45) is 0 Å². The molecule has 0 atom stereocenters. The fourth-order valence-corrected chi connectivity index (χ4v) is 2.76. The van der Waals surface area contributed by atoms with E-state index in [4.69, 9.17) is 21.7 Å². The van der Waals surface area contributed by atoms with Crippen molar-refractivity contribution >= 4 is 51.2 Å². The zero-order valence-corrected chi connectivity index (χ0v) is 17.5. The first-order valence-corrected chi connectivity index (χ1v) is 9.20. The Hall–Kier alpha value is -2.91. The number of halogens is 1. The monoisotopic (exact) mass is 463 g/mol. The lowest BCUT2D eigenvalue weighted by Gasteiger charge is -2.10. The van der Waals surface area contributed by atoms with E-state index in [9.17, 15) is 9.59 Å². The van der Waals surface area contributed by atoms with Gasteiger partial charge in [-0.25, -0.2) is 0 Å². The molecule has 2 amide bonds. The fourth-order valence-electron chi connectivity index (χ4n) is 2.14. The molecule has 0 saturated heterocycles. The largest absolute Gasteiger partial charge is 0.493 e. The van der Waals surface area contributed by atoms with Crippen LogP contribution >= 0.6 is 28.1 Å². The van der Waals surface area contributed by atoms with Crippen molar-refractivity contribution in [3.8, 4) is 11.5 Å². The molecule has 0 aliphatic rings. The molecule has 28 heavy (non-hydrogen) atoms. The first kappa shape index (κ1) is 21.4. The Kier molecular flexibility index (Phi) is 7.97. The summed E-state index contributed by atoms with van der Waals surface area (Å²) in [5, 5.41) is 2.40. The van der Waals surface area contributed by atoms with Crippen LogP contribution in [0.3, 0.4) is 0 Å². The molecule has 0 unspecified atom stereocenters. The summed E-state index contributed by atoms with van der Waals surface area (Å²) in [7, 11) is 3.08. The molecule has 2 rings (SSSR count). The predicted molar refractivity (Wildman–Crippen MR) is 114 cm³/mol. The van der Waals surface area contributed by atoms with Crippen LogP contribution in [0.15, 0.2) is 53.0 Å². The number of hydrogen-bond donors (Lipinski definition) is 3. The quantitative estimate of drug-likeness (QED) is 0.359. The number of hydrogen-bond acceptors (Lipinski definition) is 5. The summed E-state index contributed by atoms with van der Waals surface area (Å²) < 4.78 is 11.0. The fraction of sp³-hybridized carbons (Fsp3) is 0.105. The maximum absolute atomic E-state index is 12.1. The van der Waals surface area contributed by atoms with E-state index in [1.54, 1.807) is 55.7 Å². The number of hydrazine groups is 1. The smallest absolute Gasteiger partial charge is 0.270 e. The third-order valence-corrected chi connectivity index (χ3v) is 4.38. The van der Waals surface area contributed by atoms with E-state index in [0.717, 1.165) is 5.56 Å². The highest BCUT2D eigenvalue weighted by atomic mass is 79.9. The first-order valence-electron chi connectivity index (χ1n) is 8.00. The molecule has 0 aromatic heterocycles. The molecule has 0 spiro atoms. The molecule has 146 valence electrons. The molecule has 0 radical (unpaired) electrons. The van der Waals surface area contributed by atoms with Gasteiger partial charge in [0.2, 0.25) is 5.91 Å². The Morgan fingerprint density at radius 1 is 1.04 bits per heavy atom. The lowest BCUT2D eigenvalue weighted by molar-refractivity contribution is -0.115. The zero-order valence-electron chi connectivity index (χ0n) is 15.1. The van der Waals surface area contributed by atoms with Gasteiger partial charge in [-0.1, -0.05) is 18.2 Å². The van der Waals surface area contributed by atoms with Crippen molar-refractivity contribution in [1.82, 2.24) is 16.2 Å². The Balaban J connectivity index is 1.87. The second-order valence-corrected chi connectivity index (χ2v) is 6.59. The van der Waals surface area contributed by atoms with Crippen molar-refractivity contribution in [2.45, 2.75) is 0 Å². The zero-order chi connectivity index (χ0) is 20.5. The predicted octanol–water partition coefficient (Wildman–Crippen LogP) is 2.82. The molecule has 0 aliphatic carbocycles. The number of thiocarbonyl (C=S) groups is 1. The first-order chi connectivity index (χ1) is 13.4. The number of carbonyl (C=O) groups excluding carboxylic acids is 2. The maximum Gasteiger partial charge on any atom is 0.270 e. The highest BCUT2D eigenvalue weighted by Crippen LogP contribution is 2.27. The SMILES string of the molecule is COc1ccc(C=CC(=O)NC(=S)NNC(=O)c2ccccc2Br)cc1OC. The lowest BCUT2D eigenvalue weighted by atomic mass is 10.2. The molecular formula is C19H18BrN3O4S. The highest BCUT2D eigenvalue weighted by Gasteiger charge is 2.09. The minimum Gasteiger partial charge on any atom is -0.493 e. The van der Waals surface area contributed by atoms with Gasteiger partial charge in [0.05, 0.1) is 19.8 Å². The molecule has 3 N–H and O–H groups in total. The number of amides is 2. The van der Waals surface area contributed by atoms with E-state index in [1.165, 1.54) is 13.2 Å². The number of benzene rings is 2. The Bertz CT molecular complexity index is 918. The topological polar surface area (TPSA) is 88.7 Å². The second-order valence-electron chi connectivity index (χ2n) is 5.33. The molecule has 0 heterocycles. The summed E-state index contributed by atoms with van der Waals surface area (Å²) in [4.78, 5) is 24.0. The average molecular weight is 464 g/mol. The van der Waals surface area contributed by atoms with Crippen LogP contribution in [0, 0.1) is 0 Å². The van der Waals surface area contributed by atoms with Gasteiger partial charge >= 0.3 is 0 Å². The van der Waals surface area contributed by atoms with E-state index < -0.39 is 11.8 Å². The molecular weight excluding hydrogens is 446 g/mol. The van der Waals surface area contributed by atoms with Gasteiger partial charge in [-0.05, 0) is 64.1 Å². The van der Waals surface area contributed by atoms with E-state index in [-0.39, 0.29) is 5.11 Å². The summed E-state index contributed by atoms with van der Waals surface area (Å²) in [6.45, 7) is 0. The van der Waals surface area contributed by atoms with Gasteiger partial charge in [0, 0.05) is 10.5 Å². The minimum absolute atomic E-state index is 0.0395. The van der Waals surface area contributed by atoms with Crippen molar-refractivity contribution in [3.05, 3.63) is 64.1 Å². The summed E-state index contributed by atoms with van der Waals surface area (Å²) in [5.41, 5.74) is 6.07. The van der Waals surface area contributed by atoms with Crippen molar-refractivity contribution in [3.63, 3.8) is 0 Å². The van der Waals surface area contributed by atoms with Gasteiger partial charge in [-0.15, -0.1) is 0 Å². The molecule has 9 heteroatoms. The molecule has 0 fully saturated rings. The van der Waals surface area contributed by atoms with Crippen LogP contribution < -0.4 is 25.6 Å². The van der Waals surface area contributed by atoms with Crippen molar-refractivity contribution in [1.29, 1.82) is 0 Å². The normalized spacial score (nSPS) is 10.2.